The molecule has 1 aromatic carbocycles. The zero-order valence-corrected chi connectivity index (χ0v) is 18.7. The van der Waals surface area contributed by atoms with E-state index in [2.05, 4.69) is 5.10 Å². The summed E-state index contributed by atoms with van der Waals surface area (Å²) in [5, 5.41) is 4.23. The second-order valence-corrected chi connectivity index (χ2v) is 10.8. The molecule has 3 heterocycles. The molecule has 1 aliphatic heterocycles. The highest BCUT2D eigenvalue weighted by molar-refractivity contribution is 7.91. The lowest BCUT2D eigenvalue weighted by Gasteiger charge is -2.33. The van der Waals surface area contributed by atoms with E-state index in [9.17, 15) is 18.0 Å². The van der Waals surface area contributed by atoms with E-state index in [0.29, 0.717) is 4.34 Å². The van der Waals surface area contributed by atoms with Gasteiger partial charge in [-0.1, -0.05) is 41.9 Å². The van der Waals surface area contributed by atoms with Crippen LogP contribution in [0.2, 0.25) is 4.34 Å². The molecule has 11 heteroatoms. The first-order valence-electron chi connectivity index (χ1n) is 9.51. The number of sulfonamides is 1. The minimum Gasteiger partial charge on any atom is -0.335 e. The third-order valence-corrected chi connectivity index (χ3v) is 8.53. The average molecular weight is 479 g/mol. The van der Waals surface area contributed by atoms with Crippen molar-refractivity contribution < 1.29 is 13.2 Å². The topological polar surface area (TPSA) is 92.6 Å². The molecule has 0 bridgehead atoms. The number of thiophene rings is 1. The zero-order chi connectivity index (χ0) is 22.0. The van der Waals surface area contributed by atoms with Crippen LogP contribution in [0.1, 0.15) is 16.1 Å². The first-order chi connectivity index (χ1) is 14.8. The lowest BCUT2D eigenvalue weighted by atomic mass is 10.2. The molecule has 0 atom stereocenters. The Morgan fingerprint density at radius 3 is 2.35 bits per heavy atom. The van der Waals surface area contributed by atoms with Gasteiger partial charge in [0.05, 0.1) is 10.9 Å². The van der Waals surface area contributed by atoms with Crippen molar-refractivity contribution in [1.29, 1.82) is 0 Å². The number of benzene rings is 1. The Morgan fingerprint density at radius 1 is 1.00 bits per heavy atom. The number of carbonyl (C=O) groups excluding carboxylic acids is 1. The van der Waals surface area contributed by atoms with Gasteiger partial charge in [-0.2, -0.15) is 9.40 Å². The van der Waals surface area contributed by atoms with Crippen LogP contribution in [0.15, 0.2) is 63.6 Å². The van der Waals surface area contributed by atoms with Crippen LogP contribution >= 0.6 is 22.9 Å². The first kappa shape index (κ1) is 21.7. The smallest absolute Gasteiger partial charge is 0.274 e. The molecule has 0 unspecified atom stereocenters. The Balaban J connectivity index is 1.45. The van der Waals surface area contributed by atoms with Crippen molar-refractivity contribution in [2.24, 2.45) is 0 Å². The van der Waals surface area contributed by atoms with Crippen molar-refractivity contribution in [1.82, 2.24) is 19.0 Å². The molecule has 1 fully saturated rings. The average Bonchev–Trinajstić information content (AvgIpc) is 3.23. The molecule has 4 rings (SSSR count). The number of amides is 1. The van der Waals surface area contributed by atoms with E-state index < -0.39 is 10.0 Å². The number of aromatic nitrogens is 2. The fourth-order valence-corrected chi connectivity index (χ4v) is 6.35. The Bertz CT molecular complexity index is 1250. The van der Waals surface area contributed by atoms with Gasteiger partial charge in [0, 0.05) is 32.2 Å². The Morgan fingerprint density at radius 2 is 1.71 bits per heavy atom. The summed E-state index contributed by atoms with van der Waals surface area (Å²) < 4.78 is 28.7. The number of halogens is 1. The van der Waals surface area contributed by atoms with Gasteiger partial charge in [-0.05, 0) is 23.8 Å². The molecule has 1 saturated heterocycles. The van der Waals surface area contributed by atoms with Crippen LogP contribution in [0.3, 0.4) is 0 Å². The summed E-state index contributed by atoms with van der Waals surface area (Å²) in [5.41, 5.74) is 0.747. The van der Waals surface area contributed by atoms with E-state index >= 15 is 0 Å². The normalized spacial score (nSPS) is 15.2. The Labute approximate surface area is 188 Å². The lowest BCUT2D eigenvalue weighted by Crippen LogP contribution is -2.50. The van der Waals surface area contributed by atoms with Crippen LogP contribution in [0.25, 0.3) is 0 Å². The maximum atomic E-state index is 12.9. The summed E-state index contributed by atoms with van der Waals surface area (Å²) in [6, 6.07) is 15.1. The molecule has 0 aliphatic carbocycles. The maximum absolute atomic E-state index is 12.9. The second-order valence-electron chi connectivity index (χ2n) is 6.95. The molecule has 3 aromatic rings. The fourth-order valence-electron chi connectivity index (χ4n) is 3.29. The van der Waals surface area contributed by atoms with E-state index in [4.69, 9.17) is 11.6 Å². The van der Waals surface area contributed by atoms with Gasteiger partial charge >= 0.3 is 0 Å². The van der Waals surface area contributed by atoms with Gasteiger partial charge in [0.25, 0.3) is 21.5 Å². The summed E-state index contributed by atoms with van der Waals surface area (Å²) >= 11 is 6.87. The molecule has 2 aromatic heterocycles. The summed E-state index contributed by atoms with van der Waals surface area (Å²) in [7, 11) is -3.63. The van der Waals surface area contributed by atoms with Gasteiger partial charge in [-0.25, -0.2) is 13.1 Å². The van der Waals surface area contributed by atoms with E-state index in [1.165, 1.54) is 27.2 Å². The van der Waals surface area contributed by atoms with Gasteiger partial charge in [0.1, 0.15) is 9.90 Å². The van der Waals surface area contributed by atoms with E-state index in [1.807, 2.05) is 30.3 Å². The van der Waals surface area contributed by atoms with Crippen molar-refractivity contribution in [3.05, 3.63) is 80.5 Å². The SMILES string of the molecule is O=C(c1ccc(=O)n(Cc2ccccc2)n1)N1CCN(S(=O)(=O)c2ccc(Cl)s2)CC1. The number of hydrogen-bond donors (Lipinski definition) is 0. The van der Waals surface area contributed by atoms with Gasteiger partial charge < -0.3 is 4.90 Å². The summed E-state index contributed by atoms with van der Waals surface area (Å²) in [4.78, 5) is 26.6. The number of piperazine rings is 1. The van der Waals surface area contributed by atoms with Gasteiger partial charge in [0.15, 0.2) is 0 Å². The van der Waals surface area contributed by atoms with Crippen LogP contribution in [0, 0.1) is 0 Å². The predicted octanol–water partition coefficient (Wildman–Crippen LogP) is 2.15. The molecule has 8 nitrogen and oxygen atoms in total. The molecular weight excluding hydrogens is 460 g/mol. The lowest BCUT2D eigenvalue weighted by molar-refractivity contribution is 0.0689. The highest BCUT2D eigenvalue weighted by Crippen LogP contribution is 2.28. The van der Waals surface area contributed by atoms with Gasteiger partial charge in [-0.15, -0.1) is 11.3 Å². The quantitative estimate of drug-likeness (QED) is 0.560. The fraction of sp³-hybridized carbons (Fsp3) is 0.250. The largest absolute Gasteiger partial charge is 0.335 e. The van der Waals surface area contributed by atoms with Crippen LogP contribution in [0.5, 0.6) is 0 Å². The number of rotatable bonds is 5. The van der Waals surface area contributed by atoms with Crippen molar-refractivity contribution in [3.8, 4) is 0 Å². The molecule has 1 aliphatic rings. The van der Waals surface area contributed by atoms with Gasteiger partial charge in [0.2, 0.25) is 0 Å². The number of hydrogen-bond acceptors (Lipinski definition) is 6. The van der Waals surface area contributed by atoms with E-state index in [1.54, 1.807) is 11.0 Å². The molecule has 0 radical (unpaired) electrons. The maximum Gasteiger partial charge on any atom is 0.274 e. The van der Waals surface area contributed by atoms with Crippen LogP contribution in [-0.4, -0.2) is 59.5 Å². The predicted molar refractivity (Wildman–Crippen MR) is 118 cm³/mol. The van der Waals surface area contributed by atoms with Crippen molar-refractivity contribution in [2.45, 2.75) is 10.8 Å². The van der Waals surface area contributed by atoms with E-state index in [0.717, 1.165) is 16.9 Å². The van der Waals surface area contributed by atoms with Crippen molar-refractivity contribution in [2.75, 3.05) is 26.2 Å². The monoisotopic (exact) mass is 478 g/mol. The summed E-state index contributed by atoms with van der Waals surface area (Å²) in [5.74, 6) is -0.335. The minimum absolute atomic E-state index is 0.150. The zero-order valence-electron chi connectivity index (χ0n) is 16.3. The number of nitrogens with zero attached hydrogens (tertiary/aromatic N) is 4. The van der Waals surface area contributed by atoms with Crippen LogP contribution < -0.4 is 5.56 Å². The van der Waals surface area contributed by atoms with E-state index in [-0.39, 0.29) is 54.1 Å². The molecule has 0 spiro atoms. The van der Waals surface area contributed by atoms with Gasteiger partial charge in [-0.3, -0.25) is 9.59 Å². The standard InChI is InChI=1S/C20H19ClN4O4S2/c21-17-7-9-19(30-17)31(28,29)24-12-10-23(11-13-24)20(27)16-6-8-18(26)25(22-16)14-15-4-2-1-3-5-15/h1-9H,10-14H2. The molecular formula is C20H19ClN4O4S2. The van der Waals surface area contributed by atoms with Crippen LogP contribution in [-0.2, 0) is 16.6 Å². The third-order valence-electron chi connectivity index (χ3n) is 4.93. The minimum atomic E-state index is -3.63. The summed E-state index contributed by atoms with van der Waals surface area (Å²) in [6.07, 6.45) is 0. The van der Waals surface area contributed by atoms with Crippen molar-refractivity contribution in [3.63, 3.8) is 0 Å². The van der Waals surface area contributed by atoms with Crippen molar-refractivity contribution >= 4 is 38.9 Å². The van der Waals surface area contributed by atoms with Crippen LogP contribution in [0.4, 0.5) is 0 Å². The summed E-state index contributed by atoms with van der Waals surface area (Å²) in [6.45, 7) is 1.07. The Kier molecular flexibility index (Phi) is 6.24. The molecule has 31 heavy (non-hydrogen) atoms. The first-order valence-corrected chi connectivity index (χ1v) is 12.1. The molecule has 1 amide bonds. The highest BCUT2D eigenvalue weighted by atomic mass is 35.5. The Hall–Kier alpha value is -2.53. The molecule has 0 N–H and O–H groups in total. The molecule has 0 saturated carbocycles. The highest BCUT2D eigenvalue weighted by Gasteiger charge is 2.31. The third kappa shape index (κ3) is 4.72. The number of carbonyl (C=O) groups is 1. The molecule has 162 valence electrons. The second kappa shape index (κ2) is 8.91.